The minimum absolute atomic E-state index is 0.116. The van der Waals surface area contributed by atoms with Gasteiger partial charge in [-0.1, -0.05) is 16.5 Å². The fourth-order valence-corrected chi connectivity index (χ4v) is 1.98. The van der Waals surface area contributed by atoms with Crippen molar-refractivity contribution in [2.24, 2.45) is 5.16 Å². The van der Waals surface area contributed by atoms with Gasteiger partial charge in [-0.05, 0) is 6.92 Å². The average molecular weight is 244 g/mol. The van der Waals surface area contributed by atoms with Crippen molar-refractivity contribution in [1.82, 2.24) is 15.1 Å². The summed E-state index contributed by atoms with van der Waals surface area (Å²) >= 11 is 1.22. The SMILES string of the molecule is COC(O)c1nnc(C2=NOC(C)N2C)s1. The number of aliphatic hydroxyl groups excluding tert-OH is 1. The molecule has 1 aliphatic heterocycles. The number of rotatable bonds is 3. The van der Waals surface area contributed by atoms with E-state index in [1.807, 2.05) is 18.9 Å². The Morgan fingerprint density at radius 2 is 2.31 bits per heavy atom. The number of aliphatic hydroxyl groups is 1. The number of nitrogens with zero attached hydrogens (tertiary/aromatic N) is 4. The summed E-state index contributed by atoms with van der Waals surface area (Å²) in [5, 5.41) is 22.0. The molecule has 1 aliphatic rings. The van der Waals surface area contributed by atoms with Crippen LogP contribution in [0, 0.1) is 0 Å². The molecule has 2 heterocycles. The first-order valence-corrected chi connectivity index (χ1v) is 5.46. The van der Waals surface area contributed by atoms with Gasteiger partial charge in [-0.25, -0.2) is 0 Å². The monoisotopic (exact) mass is 244 g/mol. The maximum atomic E-state index is 9.40. The van der Waals surface area contributed by atoms with Crippen LogP contribution in [-0.4, -0.2) is 46.4 Å². The summed E-state index contributed by atoms with van der Waals surface area (Å²) in [6.45, 7) is 1.88. The largest absolute Gasteiger partial charge is 0.369 e. The molecule has 0 radical (unpaired) electrons. The van der Waals surface area contributed by atoms with Crippen molar-refractivity contribution in [2.75, 3.05) is 14.2 Å². The molecule has 0 aliphatic carbocycles. The van der Waals surface area contributed by atoms with E-state index >= 15 is 0 Å². The van der Waals surface area contributed by atoms with Crippen molar-refractivity contribution in [3.63, 3.8) is 0 Å². The Morgan fingerprint density at radius 3 is 2.88 bits per heavy atom. The van der Waals surface area contributed by atoms with Gasteiger partial charge in [0.25, 0.3) is 0 Å². The van der Waals surface area contributed by atoms with Crippen LogP contribution in [0.5, 0.6) is 0 Å². The zero-order chi connectivity index (χ0) is 11.7. The normalized spacial score (nSPS) is 21.9. The Bertz CT molecular complexity index is 408. The molecule has 2 atom stereocenters. The first-order valence-electron chi connectivity index (χ1n) is 4.64. The molecule has 1 aromatic rings. The van der Waals surface area contributed by atoms with Crippen LogP contribution >= 0.6 is 11.3 Å². The second-order valence-corrected chi connectivity index (χ2v) is 4.27. The van der Waals surface area contributed by atoms with Gasteiger partial charge in [0.2, 0.25) is 12.1 Å². The van der Waals surface area contributed by atoms with Gasteiger partial charge in [0.05, 0.1) is 0 Å². The predicted octanol–water partition coefficient (Wildman–Crippen LogP) is 0.145. The molecule has 88 valence electrons. The number of amidine groups is 1. The van der Waals surface area contributed by atoms with E-state index in [0.29, 0.717) is 15.9 Å². The van der Waals surface area contributed by atoms with Crippen LogP contribution in [0.2, 0.25) is 0 Å². The molecule has 0 spiro atoms. The maximum Gasteiger partial charge on any atom is 0.210 e. The van der Waals surface area contributed by atoms with Crippen LogP contribution in [0.1, 0.15) is 23.2 Å². The number of oxime groups is 1. The summed E-state index contributed by atoms with van der Waals surface area (Å²) in [7, 11) is 3.25. The third-order valence-corrected chi connectivity index (χ3v) is 3.19. The molecule has 0 bridgehead atoms. The minimum Gasteiger partial charge on any atom is -0.369 e. The molecule has 0 fully saturated rings. The lowest BCUT2D eigenvalue weighted by Gasteiger charge is -2.14. The molecule has 0 aromatic carbocycles. The Morgan fingerprint density at radius 1 is 1.56 bits per heavy atom. The third-order valence-electron chi connectivity index (χ3n) is 2.24. The standard InChI is InChI=1S/C8H12N4O3S/c1-4-12(2)5(11-15-4)6-9-10-7(16-6)8(13)14-3/h4,8,13H,1-3H3. The first kappa shape index (κ1) is 11.2. The summed E-state index contributed by atoms with van der Waals surface area (Å²) in [4.78, 5) is 6.92. The van der Waals surface area contributed by atoms with Crippen LogP contribution in [-0.2, 0) is 9.57 Å². The van der Waals surface area contributed by atoms with Crippen molar-refractivity contribution in [2.45, 2.75) is 19.4 Å². The lowest BCUT2D eigenvalue weighted by molar-refractivity contribution is -0.0773. The summed E-state index contributed by atoms with van der Waals surface area (Å²) in [6.07, 6.45) is -1.16. The highest BCUT2D eigenvalue weighted by atomic mass is 32.1. The van der Waals surface area contributed by atoms with E-state index in [1.165, 1.54) is 18.4 Å². The number of ether oxygens (including phenoxy) is 1. The van der Waals surface area contributed by atoms with Crippen LogP contribution in [0.3, 0.4) is 0 Å². The molecule has 7 nitrogen and oxygen atoms in total. The van der Waals surface area contributed by atoms with Gasteiger partial charge in [-0.2, -0.15) is 0 Å². The molecule has 0 saturated carbocycles. The summed E-state index contributed by atoms with van der Waals surface area (Å²) in [5.74, 6) is 0.611. The van der Waals surface area contributed by atoms with Gasteiger partial charge in [-0.15, -0.1) is 10.2 Å². The third kappa shape index (κ3) is 1.86. The van der Waals surface area contributed by atoms with E-state index in [9.17, 15) is 5.11 Å². The number of hydrogen-bond acceptors (Lipinski definition) is 8. The van der Waals surface area contributed by atoms with E-state index in [4.69, 9.17) is 9.57 Å². The quantitative estimate of drug-likeness (QED) is 0.762. The Hall–Kier alpha value is -1.25. The van der Waals surface area contributed by atoms with Crippen molar-refractivity contribution in [3.8, 4) is 0 Å². The molecular weight excluding hydrogens is 232 g/mol. The van der Waals surface area contributed by atoms with Crippen LogP contribution in [0.25, 0.3) is 0 Å². The summed E-state index contributed by atoms with van der Waals surface area (Å²) in [6, 6.07) is 0. The number of hydrogen-bond donors (Lipinski definition) is 1. The molecule has 2 rings (SSSR count). The van der Waals surface area contributed by atoms with E-state index in [0.717, 1.165) is 0 Å². The smallest absolute Gasteiger partial charge is 0.210 e. The predicted molar refractivity (Wildman–Crippen MR) is 56.7 cm³/mol. The highest BCUT2D eigenvalue weighted by molar-refractivity contribution is 7.13. The van der Waals surface area contributed by atoms with E-state index in [2.05, 4.69) is 15.4 Å². The Labute approximate surface area is 96.3 Å². The van der Waals surface area contributed by atoms with Crippen molar-refractivity contribution in [3.05, 3.63) is 10.0 Å². The van der Waals surface area contributed by atoms with Crippen molar-refractivity contribution in [1.29, 1.82) is 0 Å². The first-order chi connectivity index (χ1) is 7.63. The summed E-state index contributed by atoms with van der Waals surface area (Å²) < 4.78 is 4.74. The van der Waals surface area contributed by atoms with E-state index in [1.54, 1.807) is 0 Å². The van der Waals surface area contributed by atoms with Gasteiger partial charge in [0.15, 0.2) is 16.2 Å². The van der Waals surface area contributed by atoms with E-state index < -0.39 is 6.29 Å². The fraction of sp³-hybridized carbons (Fsp3) is 0.625. The Kier molecular flexibility index (Phi) is 3.03. The van der Waals surface area contributed by atoms with Gasteiger partial charge >= 0.3 is 0 Å². The lowest BCUT2D eigenvalue weighted by atomic mass is 10.5. The highest BCUT2D eigenvalue weighted by Crippen LogP contribution is 2.22. The number of aromatic nitrogens is 2. The van der Waals surface area contributed by atoms with Crippen LogP contribution in [0.15, 0.2) is 5.16 Å². The molecule has 0 amide bonds. The van der Waals surface area contributed by atoms with Gasteiger partial charge in [-0.3, -0.25) is 0 Å². The van der Waals surface area contributed by atoms with Crippen molar-refractivity contribution >= 4 is 17.2 Å². The lowest BCUT2D eigenvalue weighted by Crippen LogP contribution is -2.30. The van der Waals surface area contributed by atoms with Gasteiger partial charge in [0, 0.05) is 14.2 Å². The second kappa shape index (κ2) is 4.32. The van der Waals surface area contributed by atoms with Gasteiger partial charge in [0.1, 0.15) is 0 Å². The molecular formula is C8H12N4O3S. The molecule has 0 saturated heterocycles. The zero-order valence-corrected chi connectivity index (χ0v) is 9.93. The minimum atomic E-state index is -1.04. The van der Waals surface area contributed by atoms with Gasteiger partial charge < -0.3 is 19.6 Å². The number of methoxy groups -OCH3 is 1. The van der Waals surface area contributed by atoms with Crippen LogP contribution in [0.4, 0.5) is 0 Å². The fourth-order valence-electron chi connectivity index (χ4n) is 1.15. The topological polar surface area (TPSA) is 80.1 Å². The second-order valence-electron chi connectivity index (χ2n) is 3.26. The van der Waals surface area contributed by atoms with Crippen LogP contribution < -0.4 is 0 Å². The summed E-state index contributed by atoms with van der Waals surface area (Å²) in [5.41, 5.74) is 0. The van der Waals surface area contributed by atoms with E-state index in [-0.39, 0.29) is 6.23 Å². The molecule has 1 aromatic heterocycles. The Balaban J connectivity index is 2.20. The van der Waals surface area contributed by atoms with Crippen molar-refractivity contribution < 1.29 is 14.7 Å². The maximum absolute atomic E-state index is 9.40. The molecule has 16 heavy (non-hydrogen) atoms. The molecule has 1 N–H and O–H groups in total. The molecule has 2 unspecified atom stereocenters. The highest BCUT2D eigenvalue weighted by Gasteiger charge is 2.27. The zero-order valence-electron chi connectivity index (χ0n) is 9.12. The molecule has 8 heteroatoms. The average Bonchev–Trinajstić information content (AvgIpc) is 2.87.